The second-order valence-corrected chi connectivity index (χ2v) is 6.58. The van der Waals surface area contributed by atoms with Crippen LogP contribution in [0.2, 0.25) is 0 Å². The fraction of sp³-hybridized carbons (Fsp3) is 0.182. The van der Waals surface area contributed by atoms with Crippen molar-refractivity contribution in [3.63, 3.8) is 0 Å². The van der Waals surface area contributed by atoms with Gasteiger partial charge < -0.3 is 10.8 Å². The lowest BCUT2D eigenvalue weighted by Gasteiger charge is -2.18. The summed E-state index contributed by atoms with van der Waals surface area (Å²) in [5, 5.41) is 9.50. The van der Waals surface area contributed by atoms with Gasteiger partial charge in [0.25, 0.3) is 0 Å². The van der Waals surface area contributed by atoms with Gasteiger partial charge in [-0.25, -0.2) is 9.78 Å². The van der Waals surface area contributed by atoms with Crippen LogP contribution in [0.15, 0.2) is 54.6 Å². The van der Waals surface area contributed by atoms with Crippen molar-refractivity contribution in [2.75, 3.05) is 5.73 Å². The highest BCUT2D eigenvalue weighted by atomic mass is 19.4. The van der Waals surface area contributed by atoms with Gasteiger partial charge in [-0.15, -0.1) is 0 Å². The van der Waals surface area contributed by atoms with Crippen LogP contribution in [0, 0.1) is 0 Å². The van der Waals surface area contributed by atoms with Crippen LogP contribution in [-0.4, -0.2) is 16.1 Å². The summed E-state index contributed by atoms with van der Waals surface area (Å²) >= 11 is 0. The number of alkyl halides is 3. The molecule has 0 saturated heterocycles. The molecule has 0 amide bonds. The zero-order valence-electron chi connectivity index (χ0n) is 15.6. The van der Waals surface area contributed by atoms with Gasteiger partial charge in [-0.3, -0.25) is 0 Å². The van der Waals surface area contributed by atoms with Crippen molar-refractivity contribution in [3.8, 4) is 11.3 Å². The summed E-state index contributed by atoms with van der Waals surface area (Å²) in [6, 6.07) is 14.1. The summed E-state index contributed by atoms with van der Waals surface area (Å²) in [6.45, 7) is 1.82. The largest absolute Gasteiger partial charge is 0.476 e. The topological polar surface area (TPSA) is 76.2 Å². The molecule has 0 aliphatic carbocycles. The molecule has 0 atom stereocenters. The second-order valence-electron chi connectivity index (χ2n) is 6.58. The predicted octanol–water partition coefficient (Wildman–Crippen LogP) is 5.20. The minimum atomic E-state index is -4.52. The lowest BCUT2D eigenvalue weighted by Crippen LogP contribution is -2.13. The Hall–Kier alpha value is -3.35. The van der Waals surface area contributed by atoms with E-state index in [9.17, 15) is 23.1 Å². The molecule has 0 saturated carbocycles. The van der Waals surface area contributed by atoms with E-state index in [1.54, 1.807) is 0 Å². The highest BCUT2D eigenvalue weighted by molar-refractivity contribution is 5.94. The maximum atomic E-state index is 13.2. The number of benzene rings is 2. The minimum absolute atomic E-state index is 0.0432. The molecule has 0 aliphatic heterocycles. The van der Waals surface area contributed by atoms with Gasteiger partial charge in [0, 0.05) is 5.56 Å². The molecule has 1 aromatic heterocycles. The van der Waals surface area contributed by atoms with Crippen LogP contribution < -0.4 is 5.73 Å². The van der Waals surface area contributed by atoms with Crippen molar-refractivity contribution in [3.05, 3.63) is 82.5 Å². The maximum absolute atomic E-state index is 13.2. The average Bonchev–Trinajstić information content (AvgIpc) is 2.68. The van der Waals surface area contributed by atoms with E-state index in [1.165, 1.54) is 12.1 Å². The maximum Gasteiger partial charge on any atom is 0.416 e. The summed E-state index contributed by atoms with van der Waals surface area (Å²) in [5.74, 6) is -1.32. The molecular formula is C22H19F3N2O2. The van der Waals surface area contributed by atoms with Gasteiger partial charge in [0.2, 0.25) is 0 Å². The van der Waals surface area contributed by atoms with Crippen LogP contribution in [0.25, 0.3) is 11.3 Å². The van der Waals surface area contributed by atoms with Crippen LogP contribution >= 0.6 is 0 Å². The number of nitrogens with zero attached hydrogens (tertiary/aromatic N) is 1. The third-order valence-corrected chi connectivity index (χ3v) is 4.70. The lowest BCUT2D eigenvalue weighted by atomic mass is 9.91. The Morgan fingerprint density at radius 2 is 1.76 bits per heavy atom. The van der Waals surface area contributed by atoms with Crippen molar-refractivity contribution in [1.82, 2.24) is 4.98 Å². The van der Waals surface area contributed by atoms with E-state index >= 15 is 0 Å². The summed E-state index contributed by atoms with van der Waals surface area (Å²) in [5.41, 5.74) is 7.45. The Labute approximate surface area is 165 Å². The first kappa shape index (κ1) is 20.4. The molecule has 2 aromatic carbocycles. The first-order valence-corrected chi connectivity index (χ1v) is 8.98. The number of nitrogens with two attached hydrogens (primary N) is 1. The molecular weight excluding hydrogens is 381 g/mol. The predicted molar refractivity (Wildman–Crippen MR) is 105 cm³/mol. The molecule has 3 N–H and O–H groups in total. The smallest absolute Gasteiger partial charge is 0.416 e. The summed E-state index contributed by atoms with van der Waals surface area (Å²) in [6.07, 6.45) is -3.73. The van der Waals surface area contributed by atoms with Crippen LogP contribution in [0.4, 0.5) is 18.9 Å². The van der Waals surface area contributed by atoms with Gasteiger partial charge in [0.15, 0.2) is 5.69 Å². The van der Waals surface area contributed by atoms with Crippen molar-refractivity contribution in [2.24, 2.45) is 0 Å². The Morgan fingerprint density at radius 1 is 1.07 bits per heavy atom. The fourth-order valence-corrected chi connectivity index (χ4v) is 3.33. The molecule has 0 bridgehead atoms. The fourth-order valence-electron chi connectivity index (χ4n) is 3.33. The molecule has 0 unspecified atom stereocenters. The molecule has 7 heteroatoms. The van der Waals surface area contributed by atoms with E-state index in [1.807, 2.05) is 37.3 Å². The number of aromatic carboxylic acids is 1. The molecule has 4 nitrogen and oxygen atoms in total. The molecule has 3 aromatic rings. The van der Waals surface area contributed by atoms with Gasteiger partial charge in [-0.2, -0.15) is 13.2 Å². The van der Waals surface area contributed by atoms with Gasteiger partial charge in [0.1, 0.15) is 0 Å². The number of carboxylic acids is 1. The first-order chi connectivity index (χ1) is 13.7. The van der Waals surface area contributed by atoms with Gasteiger partial charge >= 0.3 is 12.1 Å². The molecule has 0 aliphatic rings. The van der Waals surface area contributed by atoms with Crippen LogP contribution in [0.5, 0.6) is 0 Å². The Kier molecular flexibility index (Phi) is 5.59. The number of carboxylic acid groups (broad SMARTS) is 1. The molecule has 1 heterocycles. The molecule has 3 rings (SSSR count). The Balaban J connectivity index is 2.29. The molecule has 150 valence electrons. The highest BCUT2D eigenvalue weighted by Gasteiger charge is 2.31. The Bertz CT molecular complexity index is 1050. The third-order valence-electron chi connectivity index (χ3n) is 4.70. The van der Waals surface area contributed by atoms with E-state index in [-0.39, 0.29) is 22.6 Å². The van der Waals surface area contributed by atoms with Gasteiger partial charge in [-0.1, -0.05) is 49.4 Å². The van der Waals surface area contributed by atoms with E-state index in [0.29, 0.717) is 24.0 Å². The number of hydrogen-bond donors (Lipinski definition) is 2. The van der Waals surface area contributed by atoms with Crippen LogP contribution in [0.1, 0.15) is 39.7 Å². The van der Waals surface area contributed by atoms with E-state index in [0.717, 1.165) is 17.7 Å². The number of halogens is 3. The molecule has 0 spiro atoms. The van der Waals surface area contributed by atoms with Crippen LogP contribution in [0.3, 0.4) is 0 Å². The van der Waals surface area contributed by atoms with E-state index < -0.39 is 17.7 Å². The normalized spacial score (nSPS) is 11.4. The molecule has 0 radical (unpaired) electrons. The van der Waals surface area contributed by atoms with Crippen molar-refractivity contribution >= 4 is 11.7 Å². The Morgan fingerprint density at radius 3 is 2.34 bits per heavy atom. The summed E-state index contributed by atoms with van der Waals surface area (Å²) < 4.78 is 39.6. The quantitative estimate of drug-likeness (QED) is 0.617. The van der Waals surface area contributed by atoms with Gasteiger partial charge in [-0.05, 0) is 41.7 Å². The number of pyridine rings is 1. The number of nitrogen functional groups attached to an aromatic ring is 1. The number of carbonyl (C=O) groups is 1. The van der Waals surface area contributed by atoms with E-state index in [4.69, 9.17) is 5.73 Å². The zero-order chi connectivity index (χ0) is 21.2. The number of hydrogen-bond acceptors (Lipinski definition) is 3. The third kappa shape index (κ3) is 4.23. The summed E-state index contributed by atoms with van der Waals surface area (Å²) in [7, 11) is 0. The van der Waals surface area contributed by atoms with E-state index in [2.05, 4.69) is 4.98 Å². The highest BCUT2D eigenvalue weighted by Crippen LogP contribution is 2.36. The second kappa shape index (κ2) is 7.95. The average molecular weight is 400 g/mol. The zero-order valence-corrected chi connectivity index (χ0v) is 15.6. The molecule has 29 heavy (non-hydrogen) atoms. The standard InChI is InChI=1S/C22H19F3N2O2/c1-2-16-17(11-13-7-4-3-5-8-13)19(27-20(18(16)26)21(28)29)14-9-6-10-15(12-14)22(23,24)25/h3-10,12H,2,11,26H2,1H3,(H,28,29). The summed E-state index contributed by atoms with van der Waals surface area (Å²) in [4.78, 5) is 15.8. The van der Waals surface area contributed by atoms with Crippen molar-refractivity contribution in [1.29, 1.82) is 0 Å². The minimum Gasteiger partial charge on any atom is -0.476 e. The SMILES string of the molecule is CCc1c(N)c(C(=O)O)nc(-c2cccc(C(F)(F)F)c2)c1Cc1ccccc1. The number of rotatable bonds is 5. The van der Waals surface area contributed by atoms with Gasteiger partial charge in [0.05, 0.1) is 16.9 Å². The van der Waals surface area contributed by atoms with Crippen molar-refractivity contribution in [2.45, 2.75) is 25.9 Å². The monoisotopic (exact) mass is 400 g/mol. The first-order valence-electron chi connectivity index (χ1n) is 8.98. The number of anilines is 1. The van der Waals surface area contributed by atoms with Crippen LogP contribution in [-0.2, 0) is 19.0 Å². The molecule has 0 fully saturated rings. The van der Waals surface area contributed by atoms with Crippen molar-refractivity contribution < 1.29 is 23.1 Å². The number of aromatic nitrogens is 1. The lowest BCUT2D eigenvalue weighted by molar-refractivity contribution is -0.137.